The number of carbonyl (C=O) groups is 2. The number of aromatic nitrogens is 1. The number of thiazole rings is 1. The fourth-order valence-electron chi connectivity index (χ4n) is 2.19. The first-order valence-corrected chi connectivity index (χ1v) is 6.92. The smallest absolute Gasteiger partial charge is 0.307 e. The Morgan fingerprint density at radius 1 is 1.32 bits per heavy atom. The number of rotatable bonds is 2. The van der Waals surface area contributed by atoms with E-state index in [-0.39, 0.29) is 16.7 Å². The van der Waals surface area contributed by atoms with Crippen molar-refractivity contribution in [2.24, 2.45) is 13.0 Å². The topological polar surface area (TPSA) is 79.6 Å². The maximum Gasteiger partial charge on any atom is 0.307 e. The van der Waals surface area contributed by atoms with Crippen LogP contribution in [0.3, 0.4) is 0 Å². The number of carboxylic acid groups (broad SMARTS) is 1. The fraction of sp³-hybridized carbons (Fsp3) is 0.583. The second kappa shape index (κ2) is 5.16. The van der Waals surface area contributed by atoms with Gasteiger partial charge in [-0.05, 0) is 19.8 Å². The molecule has 0 aromatic carbocycles. The van der Waals surface area contributed by atoms with Gasteiger partial charge in [-0.1, -0.05) is 11.3 Å². The Kier molecular flexibility index (Phi) is 3.75. The van der Waals surface area contributed by atoms with Crippen LogP contribution in [0.4, 0.5) is 0 Å². The molecule has 1 fully saturated rings. The van der Waals surface area contributed by atoms with E-state index in [1.165, 1.54) is 4.57 Å². The van der Waals surface area contributed by atoms with Crippen LogP contribution in [0.2, 0.25) is 0 Å². The van der Waals surface area contributed by atoms with Crippen molar-refractivity contribution in [1.29, 1.82) is 0 Å². The molecule has 0 bridgehead atoms. The molecule has 7 heteroatoms. The molecule has 1 saturated heterocycles. The van der Waals surface area contributed by atoms with Crippen LogP contribution in [0.5, 0.6) is 0 Å². The van der Waals surface area contributed by atoms with Crippen LogP contribution < -0.4 is 4.87 Å². The van der Waals surface area contributed by atoms with Gasteiger partial charge < -0.3 is 14.6 Å². The number of amides is 1. The molecule has 1 aliphatic heterocycles. The molecular formula is C12H16N2O4S. The zero-order valence-electron chi connectivity index (χ0n) is 10.9. The first-order valence-electron chi connectivity index (χ1n) is 6.10. The highest BCUT2D eigenvalue weighted by molar-refractivity contribution is 7.11. The third-order valence-electron chi connectivity index (χ3n) is 3.62. The van der Waals surface area contributed by atoms with Gasteiger partial charge >= 0.3 is 10.8 Å². The van der Waals surface area contributed by atoms with Crippen LogP contribution in [0.1, 0.15) is 28.2 Å². The van der Waals surface area contributed by atoms with Gasteiger partial charge in [-0.2, -0.15) is 0 Å². The van der Waals surface area contributed by atoms with E-state index in [9.17, 15) is 14.4 Å². The Balaban J connectivity index is 2.11. The molecule has 0 atom stereocenters. The molecule has 6 nitrogen and oxygen atoms in total. The molecule has 0 spiro atoms. The number of likely N-dealkylation sites (tertiary alicyclic amines) is 1. The number of carboxylic acids is 1. The first kappa shape index (κ1) is 13.8. The number of piperidine rings is 1. The lowest BCUT2D eigenvalue weighted by molar-refractivity contribution is -0.143. The fourth-order valence-corrected chi connectivity index (χ4v) is 3.14. The van der Waals surface area contributed by atoms with Gasteiger partial charge in [0.25, 0.3) is 5.91 Å². The van der Waals surface area contributed by atoms with Crippen LogP contribution in [0, 0.1) is 12.8 Å². The van der Waals surface area contributed by atoms with E-state index < -0.39 is 5.97 Å². The predicted octanol–water partition coefficient (Wildman–Crippen LogP) is 0.692. The molecule has 2 rings (SSSR count). The summed E-state index contributed by atoms with van der Waals surface area (Å²) in [4.78, 5) is 36.6. The first-order chi connectivity index (χ1) is 8.91. The van der Waals surface area contributed by atoms with Crippen LogP contribution in [-0.2, 0) is 11.8 Å². The minimum absolute atomic E-state index is 0.152. The third kappa shape index (κ3) is 2.56. The summed E-state index contributed by atoms with van der Waals surface area (Å²) in [6.45, 7) is 2.62. The van der Waals surface area contributed by atoms with Crippen LogP contribution in [0.15, 0.2) is 4.79 Å². The van der Waals surface area contributed by atoms with Gasteiger partial charge in [0.05, 0.1) is 5.92 Å². The van der Waals surface area contributed by atoms with Gasteiger partial charge in [0.2, 0.25) is 0 Å². The summed E-state index contributed by atoms with van der Waals surface area (Å²) in [5.74, 6) is -1.32. The summed E-state index contributed by atoms with van der Waals surface area (Å²) >= 11 is 0.950. The van der Waals surface area contributed by atoms with Gasteiger partial charge in [0, 0.05) is 25.8 Å². The molecular weight excluding hydrogens is 268 g/mol. The van der Waals surface area contributed by atoms with E-state index in [1.54, 1.807) is 18.9 Å². The van der Waals surface area contributed by atoms with E-state index in [1.807, 2.05) is 0 Å². The highest BCUT2D eigenvalue weighted by Crippen LogP contribution is 2.21. The van der Waals surface area contributed by atoms with Crippen LogP contribution in [-0.4, -0.2) is 39.5 Å². The molecule has 1 aromatic rings. The van der Waals surface area contributed by atoms with E-state index in [0.717, 1.165) is 11.3 Å². The Morgan fingerprint density at radius 3 is 2.32 bits per heavy atom. The summed E-state index contributed by atoms with van der Waals surface area (Å²) in [5.41, 5.74) is 0.667. The zero-order chi connectivity index (χ0) is 14.2. The third-order valence-corrected chi connectivity index (χ3v) is 4.74. The summed E-state index contributed by atoms with van der Waals surface area (Å²) in [6.07, 6.45) is 0.948. The second-order valence-corrected chi connectivity index (χ2v) is 5.71. The average molecular weight is 284 g/mol. The van der Waals surface area contributed by atoms with Gasteiger partial charge in [-0.15, -0.1) is 0 Å². The van der Waals surface area contributed by atoms with Crippen molar-refractivity contribution in [3.63, 3.8) is 0 Å². The zero-order valence-corrected chi connectivity index (χ0v) is 11.7. The molecule has 1 amide bonds. The molecule has 2 heterocycles. The standard InChI is InChI=1S/C12H16N2O4S/c1-7-9(19-12(18)13(7)2)10(15)14-5-3-8(4-6-14)11(16)17/h8H,3-6H2,1-2H3,(H,16,17). The Hall–Kier alpha value is -1.63. The summed E-state index contributed by atoms with van der Waals surface area (Å²) in [5, 5.41) is 8.92. The predicted molar refractivity (Wildman–Crippen MR) is 70.6 cm³/mol. The maximum absolute atomic E-state index is 12.3. The summed E-state index contributed by atoms with van der Waals surface area (Å²) < 4.78 is 1.46. The monoisotopic (exact) mass is 284 g/mol. The number of carbonyl (C=O) groups excluding carboxylic acids is 1. The van der Waals surface area contributed by atoms with Gasteiger partial charge in [0.1, 0.15) is 4.88 Å². The lowest BCUT2D eigenvalue weighted by Gasteiger charge is -2.29. The Labute approximate surface area is 114 Å². The van der Waals surface area contributed by atoms with E-state index in [4.69, 9.17) is 5.11 Å². The number of hydrogen-bond acceptors (Lipinski definition) is 4. The molecule has 104 valence electrons. The van der Waals surface area contributed by atoms with Gasteiger partial charge in [0.15, 0.2) is 0 Å². The Morgan fingerprint density at radius 2 is 1.89 bits per heavy atom. The molecule has 0 aliphatic carbocycles. The van der Waals surface area contributed by atoms with E-state index in [0.29, 0.717) is 36.5 Å². The van der Waals surface area contributed by atoms with Crippen molar-refractivity contribution in [2.75, 3.05) is 13.1 Å². The quantitative estimate of drug-likeness (QED) is 0.866. The molecule has 1 aliphatic rings. The largest absolute Gasteiger partial charge is 0.481 e. The number of nitrogens with zero attached hydrogens (tertiary/aromatic N) is 2. The lowest BCUT2D eigenvalue weighted by atomic mass is 9.97. The number of hydrogen-bond donors (Lipinski definition) is 1. The van der Waals surface area contributed by atoms with Crippen molar-refractivity contribution in [3.8, 4) is 0 Å². The van der Waals surface area contributed by atoms with Crippen LogP contribution >= 0.6 is 11.3 Å². The molecule has 1 aromatic heterocycles. The SMILES string of the molecule is Cc1c(C(=O)N2CCC(C(=O)O)CC2)sc(=O)n1C. The van der Waals surface area contributed by atoms with Gasteiger partial charge in [-0.3, -0.25) is 14.4 Å². The van der Waals surface area contributed by atoms with Crippen LogP contribution in [0.25, 0.3) is 0 Å². The van der Waals surface area contributed by atoms with Crippen molar-refractivity contribution >= 4 is 23.2 Å². The van der Waals surface area contributed by atoms with Crippen molar-refractivity contribution in [1.82, 2.24) is 9.47 Å². The summed E-state index contributed by atoms with van der Waals surface area (Å²) in [7, 11) is 1.64. The molecule has 1 N–H and O–H groups in total. The van der Waals surface area contributed by atoms with Crippen molar-refractivity contribution < 1.29 is 14.7 Å². The van der Waals surface area contributed by atoms with Crippen molar-refractivity contribution in [3.05, 3.63) is 20.2 Å². The number of aliphatic carboxylic acids is 1. The average Bonchev–Trinajstić information content (AvgIpc) is 2.66. The minimum atomic E-state index is -0.798. The maximum atomic E-state index is 12.3. The molecule has 19 heavy (non-hydrogen) atoms. The van der Waals surface area contributed by atoms with Crippen molar-refractivity contribution in [2.45, 2.75) is 19.8 Å². The van der Waals surface area contributed by atoms with E-state index >= 15 is 0 Å². The highest BCUT2D eigenvalue weighted by Gasteiger charge is 2.29. The lowest BCUT2D eigenvalue weighted by Crippen LogP contribution is -2.40. The minimum Gasteiger partial charge on any atom is -0.481 e. The second-order valence-electron chi connectivity index (χ2n) is 4.75. The molecule has 0 radical (unpaired) electrons. The normalized spacial score (nSPS) is 16.6. The van der Waals surface area contributed by atoms with Gasteiger partial charge in [-0.25, -0.2) is 0 Å². The molecule has 0 unspecified atom stereocenters. The molecule has 0 saturated carbocycles. The Bertz CT molecular complexity index is 567. The highest BCUT2D eigenvalue weighted by atomic mass is 32.1. The summed E-state index contributed by atoms with van der Waals surface area (Å²) in [6, 6.07) is 0. The van der Waals surface area contributed by atoms with E-state index in [2.05, 4.69) is 0 Å².